The topological polar surface area (TPSA) is 38.0 Å². The van der Waals surface area contributed by atoms with Crippen LogP contribution in [0.3, 0.4) is 0 Å². The molecular formula is C12H17ClN2. The van der Waals surface area contributed by atoms with E-state index in [1.807, 2.05) is 18.2 Å². The molecule has 1 aliphatic carbocycles. The van der Waals surface area contributed by atoms with Crippen LogP contribution in [0.15, 0.2) is 18.2 Å². The Morgan fingerprint density at radius 2 is 2.20 bits per heavy atom. The van der Waals surface area contributed by atoms with E-state index in [2.05, 4.69) is 12.2 Å². The van der Waals surface area contributed by atoms with Crippen LogP contribution < -0.4 is 11.1 Å². The van der Waals surface area contributed by atoms with Gasteiger partial charge in [-0.2, -0.15) is 0 Å². The number of hydrogen-bond acceptors (Lipinski definition) is 2. The van der Waals surface area contributed by atoms with Crippen molar-refractivity contribution >= 4 is 17.3 Å². The third kappa shape index (κ3) is 2.44. The maximum absolute atomic E-state index is 5.95. The molecule has 15 heavy (non-hydrogen) atoms. The zero-order valence-corrected chi connectivity index (χ0v) is 9.77. The van der Waals surface area contributed by atoms with Gasteiger partial charge in [0.25, 0.3) is 0 Å². The maximum atomic E-state index is 5.95. The average Bonchev–Trinajstić information content (AvgIpc) is 3.00. The van der Waals surface area contributed by atoms with Gasteiger partial charge in [-0.05, 0) is 49.4 Å². The summed E-state index contributed by atoms with van der Waals surface area (Å²) in [5.74, 6) is 0. The summed E-state index contributed by atoms with van der Waals surface area (Å²) in [5, 5.41) is 4.22. The van der Waals surface area contributed by atoms with Gasteiger partial charge in [0.2, 0.25) is 0 Å². The van der Waals surface area contributed by atoms with Gasteiger partial charge in [-0.15, -0.1) is 0 Å². The first-order chi connectivity index (χ1) is 7.15. The summed E-state index contributed by atoms with van der Waals surface area (Å²) in [5.41, 5.74) is 8.45. The van der Waals surface area contributed by atoms with Crippen molar-refractivity contribution in [3.63, 3.8) is 0 Å². The lowest BCUT2D eigenvalue weighted by Crippen LogP contribution is -2.24. The molecule has 0 atom stereocenters. The summed E-state index contributed by atoms with van der Waals surface area (Å²) in [6, 6.07) is 5.92. The fraction of sp³-hybridized carbons (Fsp3) is 0.500. The average molecular weight is 225 g/mol. The van der Waals surface area contributed by atoms with E-state index in [9.17, 15) is 0 Å². The van der Waals surface area contributed by atoms with E-state index in [4.69, 9.17) is 17.3 Å². The fourth-order valence-electron chi connectivity index (χ4n) is 1.70. The molecule has 0 amide bonds. The molecule has 0 aliphatic heterocycles. The molecule has 0 bridgehead atoms. The summed E-state index contributed by atoms with van der Waals surface area (Å²) in [4.78, 5) is 0. The highest BCUT2D eigenvalue weighted by atomic mass is 35.5. The van der Waals surface area contributed by atoms with Crippen LogP contribution in [0, 0.1) is 12.3 Å². The first kappa shape index (κ1) is 10.8. The predicted molar refractivity (Wildman–Crippen MR) is 65.4 cm³/mol. The quantitative estimate of drug-likeness (QED) is 0.826. The molecule has 0 spiro atoms. The zero-order valence-electron chi connectivity index (χ0n) is 9.02. The maximum Gasteiger partial charge on any atom is 0.0426 e. The Labute approximate surface area is 95.8 Å². The number of benzene rings is 1. The minimum Gasteiger partial charge on any atom is -0.384 e. The normalized spacial score (nSPS) is 17.5. The third-order valence-electron chi connectivity index (χ3n) is 3.24. The molecule has 1 aromatic rings. The van der Waals surface area contributed by atoms with Crippen molar-refractivity contribution in [2.24, 2.45) is 11.1 Å². The Bertz CT molecular complexity index is 359. The van der Waals surface area contributed by atoms with Gasteiger partial charge in [0, 0.05) is 17.3 Å². The van der Waals surface area contributed by atoms with Crippen LogP contribution in [0.2, 0.25) is 5.02 Å². The van der Waals surface area contributed by atoms with Gasteiger partial charge in [0.05, 0.1) is 0 Å². The van der Waals surface area contributed by atoms with Crippen molar-refractivity contribution in [2.75, 3.05) is 18.4 Å². The monoisotopic (exact) mass is 224 g/mol. The minimum atomic E-state index is 0.356. The van der Waals surface area contributed by atoms with Crippen LogP contribution in [0.4, 0.5) is 5.69 Å². The third-order valence-corrected chi connectivity index (χ3v) is 3.48. The number of halogens is 1. The largest absolute Gasteiger partial charge is 0.384 e. The highest BCUT2D eigenvalue weighted by Crippen LogP contribution is 2.44. The van der Waals surface area contributed by atoms with Crippen LogP contribution in [-0.4, -0.2) is 13.1 Å². The number of nitrogens with two attached hydrogens (primary N) is 1. The number of rotatable bonds is 4. The minimum absolute atomic E-state index is 0.356. The summed E-state index contributed by atoms with van der Waals surface area (Å²) in [7, 11) is 0. The Kier molecular flexibility index (Phi) is 2.89. The van der Waals surface area contributed by atoms with Crippen molar-refractivity contribution in [3.8, 4) is 0 Å². The zero-order chi connectivity index (χ0) is 10.9. The van der Waals surface area contributed by atoms with Gasteiger partial charge in [0.15, 0.2) is 0 Å². The lowest BCUT2D eigenvalue weighted by molar-refractivity contribution is 0.556. The number of anilines is 1. The van der Waals surface area contributed by atoms with Crippen LogP contribution in [0.1, 0.15) is 18.4 Å². The fourth-order valence-corrected chi connectivity index (χ4v) is 1.87. The summed E-state index contributed by atoms with van der Waals surface area (Å²) in [6.45, 7) is 3.82. The van der Waals surface area contributed by atoms with Crippen LogP contribution >= 0.6 is 11.6 Å². The molecule has 82 valence electrons. The number of hydrogen-bond donors (Lipinski definition) is 2. The molecule has 0 heterocycles. The van der Waals surface area contributed by atoms with E-state index in [1.54, 1.807) is 0 Å². The second-order valence-corrected chi connectivity index (χ2v) is 4.95. The second kappa shape index (κ2) is 4.03. The molecule has 3 N–H and O–H groups in total. The second-order valence-electron chi connectivity index (χ2n) is 4.52. The van der Waals surface area contributed by atoms with Crippen LogP contribution in [0.5, 0.6) is 0 Å². The van der Waals surface area contributed by atoms with Crippen LogP contribution in [-0.2, 0) is 0 Å². The predicted octanol–water partition coefficient (Wildman–Crippen LogP) is 2.80. The molecule has 1 saturated carbocycles. The first-order valence-corrected chi connectivity index (χ1v) is 5.73. The van der Waals surface area contributed by atoms with Gasteiger partial charge < -0.3 is 11.1 Å². The lowest BCUT2D eigenvalue weighted by atomic mass is 10.1. The summed E-state index contributed by atoms with van der Waals surface area (Å²) in [6.07, 6.45) is 2.49. The molecule has 2 nitrogen and oxygen atoms in total. The standard InChI is InChI=1S/C12H17ClN2/c1-9-2-3-10(13)6-11(9)15-8-12(7-14)4-5-12/h2-3,6,15H,4-5,7-8,14H2,1H3. The van der Waals surface area contributed by atoms with Crippen molar-refractivity contribution in [1.82, 2.24) is 0 Å². The SMILES string of the molecule is Cc1ccc(Cl)cc1NCC1(CN)CC1. The van der Waals surface area contributed by atoms with E-state index in [-0.39, 0.29) is 0 Å². The molecule has 1 aliphatic rings. The summed E-state index contributed by atoms with van der Waals surface area (Å²) >= 11 is 5.95. The van der Waals surface area contributed by atoms with E-state index in [1.165, 1.54) is 18.4 Å². The number of nitrogens with one attached hydrogen (secondary N) is 1. The van der Waals surface area contributed by atoms with E-state index >= 15 is 0 Å². The molecule has 2 rings (SSSR count). The van der Waals surface area contributed by atoms with Gasteiger partial charge in [0.1, 0.15) is 0 Å². The Morgan fingerprint density at radius 3 is 2.80 bits per heavy atom. The smallest absolute Gasteiger partial charge is 0.0426 e. The number of aryl methyl sites for hydroxylation is 1. The van der Waals surface area contributed by atoms with Gasteiger partial charge in [-0.1, -0.05) is 17.7 Å². The van der Waals surface area contributed by atoms with Gasteiger partial charge in [-0.3, -0.25) is 0 Å². The van der Waals surface area contributed by atoms with Crippen LogP contribution in [0.25, 0.3) is 0 Å². The van der Waals surface area contributed by atoms with Crippen molar-refractivity contribution in [1.29, 1.82) is 0 Å². The van der Waals surface area contributed by atoms with Crippen molar-refractivity contribution in [2.45, 2.75) is 19.8 Å². The summed E-state index contributed by atoms with van der Waals surface area (Å²) < 4.78 is 0. The highest BCUT2D eigenvalue weighted by Gasteiger charge is 2.40. The lowest BCUT2D eigenvalue weighted by Gasteiger charge is -2.16. The Hall–Kier alpha value is -0.730. The highest BCUT2D eigenvalue weighted by molar-refractivity contribution is 6.30. The van der Waals surface area contributed by atoms with E-state index in [0.717, 1.165) is 23.8 Å². The molecule has 0 aromatic heterocycles. The van der Waals surface area contributed by atoms with Gasteiger partial charge >= 0.3 is 0 Å². The molecule has 0 radical (unpaired) electrons. The first-order valence-electron chi connectivity index (χ1n) is 5.35. The Morgan fingerprint density at radius 1 is 1.47 bits per heavy atom. The van der Waals surface area contributed by atoms with E-state index < -0.39 is 0 Å². The molecule has 1 fully saturated rings. The molecule has 1 aromatic carbocycles. The molecule has 0 saturated heterocycles. The van der Waals surface area contributed by atoms with Crippen molar-refractivity contribution in [3.05, 3.63) is 28.8 Å². The molecule has 3 heteroatoms. The van der Waals surface area contributed by atoms with Crippen molar-refractivity contribution < 1.29 is 0 Å². The molecular weight excluding hydrogens is 208 g/mol. The molecule has 0 unspecified atom stereocenters. The van der Waals surface area contributed by atoms with E-state index in [0.29, 0.717) is 5.41 Å². The van der Waals surface area contributed by atoms with Gasteiger partial charge in [-0.25, -0.2) is 0 Å². The Balaban J connectivity index is 2.01.